The fourth-order valence-electron chi connectivity index (χ4n) is 4.84. The maximum Gasteiger partial charge on any atom is 0.246 e. The quantitative estimate of drug-likeness (QED) is 0.273. The van der Waals surface area contributed by atoms with E-state index >= 15 is 0 Å². The number of hydrogen-bond acceptors (Lipinski definition) is 4. The highest BCUT2D eigenvalue weighted by Gasteiger charge is 2.23. The minimum Gasteiger partial charge on any atom is -0.367 e. The molecule has 3 aromatic heterocycles. The van der Waals surface area contributed by atoms with Crippen LogP contribution in [0.3, 0.4) is 0 Å². The Balaban J connectivity index is 1.16. The van der Waals surface area contributed by atoms with Gasteiger partial charge in [0.15, 0.2) is 5.65 Å². The van der Waals surface area contributed by atoms with Gasteiger partial charge in [0, 0.05) is 65.2 Å². The standard InChI is InChI=1S/C28H24BClN6O/c29-22-17-32-36-26(15-25(34-28(22)36)21-6-1-3-7-23(21)30)33-19-11-13-35(14-12-19)27(37)10-9-18-16-31-24-8-4-2-5-20(18)24/h1-10,15-17,19,31,33H,11-14H2/b10-9+. The molecule has 37 heavy (non-hydrogen) atoms. The van der Waals surface area contributed by atoms with Crippen LogP contribution in [0.1, 0.15) is 18.4 Å². The van der Waals surface area contributed by atoms with Crippen LogP contribution in [-0.4, -0.2) is 57.4 Å². The Morgan fingerprint density at radius 2 is 1.92 bits per heavy atom. The van der Waals surface area contributed by atoms with Crippen LogP contribution in [-0.2, 0) is 4.79 Å². The van der Waals surface area contributed by atoms with Gasteiger partial charge in [-0.2, -0.15) is 9.61 Å². The molecule has 0 bridgehead atoms. The van der Waals surface area contributed by atoms with E-state index in [2.05, 4.69) is 15.4 Å². The Bertz CT molecular complexity index is 1630. The molecule has 1 fully saturated rings. The first-order chi connectivity index (χ1) is 18.1. The summed E-state index contributed by atoms with van der Waals surface area (Å²) in [5.74, 6) is 0.816. The van der Waals surface area contributed by atoms with E-state index in [9.17, 15) is 4.79 Å². The minimum atomic E-state index is 0.0240. The number of nitrogens with one attached hydrogen (secondary N) is 2. The normalized spacial score (nSPS) is 14.7. The molecule has 2 aromatic carbocycles. The predicted molar refractivity (Wildman–Crippen MR) is 149 cm³/mol. The van der Waals surface area contributed by atoms with Crippen LogP contribution in [0, 0.1) is 0 Å². The fraction of sp³-hybridized carbons (Fsp3) is 0.179. The molecule has 9 heteroatoms. The van der Waals surface area contributed by atoms with Crippen molar-refractivity contribution < 1.29 is 4.79 Å². The lowest BCUT2D eigenvalue weighted by atomic mass is 10.0. The molecule has 0 unspecified atom stereocenters. The zero-order valence-corrected chi connectivity index (χ0v) is 20.8. The molecule has 1 aliphatic rings. The Morgan fingerprint density at radius 1 is 1.14 bits per heavy atom. The molecule has 1 saturated heterocycles. The largest absolute Gasteiger partial charge is 0.367 e. The number of aromatic nitrogens is 4. The lowest BCUT2D eigenvalue weighted by Gasteiger charge is -2.32. The van der Waals surface area contributed by atoms with Crippen LogP contribution in [0.2, 0.25) is 5.02 Å². The number of halogens is 1. The van der Waals surface area contributed by atoms with E-state index in [1.165, 1.54) is 0 Å². The highest BCUT2D eigenvalue weighted by molar-refractivity contribution is 6.36. The summed E-state index contributed by atoms with van der Waals surface area (Å²) in [5.41, 5.74) is 4.70. The average Bonchev–Trinajstić information content (AvgIpc) is 3.51. The lowest BCUT2D eigenvalue weighted by Crippen LogP contribution is -2.42. The van der Waals surface area contributed by atoms with Crippen molar-refractivity contribution in [1.82, 2.24) is 24.5 Å². The SMILES string of the molecule is [B]c1cnn2c(NC3CCN(C(=O)/C=C/c4c[nH]c5ccccc45)CC3)cc(-c3ccccc3Cl)nc12. The Morgan fingerprint density at radius 3 is 2.76 bits per heavy atom. The highest BCUT2D eigenvalue weighted by Crippen LogP contribution is 2.29. The van der Waals surface area contributed by atoms with E-state index in [0.29, 0.717) is 29.2 Å². The molecule has 6 rings (SSSR count). The van der Waals surface area contributed by atoms with Crippen molar-refractivity contribution in [2.24, 2.45) is 0 Å². The van der Waals surface area contributed by atoms with Gasteiger partial charge in [0.25, 0.3) is 0 Å². The van der Waals surface area contributed by atoms with Crippen molar-refractivity contribution in [3.8, 4) is 11.3 Å². The first-order valence-corrected chi connectivity index (χ1v) is 12.6. The number of benzene rings is 2. The van der Waals surface area contributed by atoms with Crippen LogP contribution >= 0.6 is 11.6 Å². The Hall–Kier alpha value is -4.04. The van der Waals surface area contributed by atoms with Crippen molar-refractivity contribution in [3.05, 3.63) is 83.7 Å². The molecule has 2 N–H and O–H groups in total. The van der Waals surface area contributed by atoms with Crippen LogP contribution < -0.4 is 10.8 Å². The van der Waals surface area contributed by atoms with Gasteiger partial charge in [-0.05, 0) is 42.1 Å². The number of carbonyl (C=O) groups excluding carboxylic acids is 1. The molecule has 182 valence electrons. The number of nitrogens with zero attached hydrogens (tertiary/aromatic N) is 4. The molecule has 0 saturated carbocycles. The average molecular weight is 507 g/mol. The maximum atomic E-state index is 12.9. The summed E-state index contributed by atoms with van der Waals surface area (Å²) in [5, 5.41) is 9.74. The summed E-state index contributed by atoms with van der Waals surface area (Å²) in [7, 11) is 6.15. The molecule has 2 radical (unpaired) electrons. The van der Waals surface area contributed by atoms with Gasteiger partial charge in [0.05, 0.1) is 5.69 Å². The Labute approximate surface area is 220 Å². The number of anilines is 1. The third-order valence-electron chi connectivity index (χ3n) is 6.83. The Kier molecular flexibility index (Phi) is 6.18. The van der Waals surface area contributed by atoms with Crippen LogP contribution in [0.15, 0.2) is 73.1 Å². The lowest BCUT2D eigenvalue weighted by molar-refractivity contribution is -0.126. The first kappa shape index (κ1) is 23.4. The van der Waals surface area contributed by atoms with Crippen molar-refractivity contribution >= 4 is 59.3 Å². The van der Waals surface area contributed by atoms with Gasteiger partial charge in [0.1, 0.15) is 13.7 Å². The number of amides is 1. The maximum absolute atomic E-state index is 12.9. The second-order valence-electron chi connectivity index (χ2n) is 9.21. The first-order valence-electron chi connectivity index (χ1n) is 12.3. The van der Waals surface area contributed by atoms with Gasteiger partial charge in [0.2, 0.25) is 5.91 Å². The molecule has 1 amide bonds. The summed E-state index contributed by atoms with van der Waals surface area (Å²) < 4.78 is 1.72. The van der Waals surface area contributed by atoms with Gasteiger partial charge in [-0.3, -0.25) is 4.79 Å². The third kappa shape index (κ3) is 4.60. The number of rotatable bonds is 5. The molecule has 5 aromatic rings. The number of para-hydroxylation sites is 1. The number of hydrogen-bond donors (Lipinski definition) is 2. The van der Waals surface area contributed by atoms with Gasteiger partial charge < -0.3 is 15.2 Å². The molecular weight excluding hydrogens is 483 g/mol. The topological polar surface area (TPSA) is 78.3 Å². The van der Waals surface area contributed by atoms with Crippen LogP contribution in [0.4, 0.5) is 5.82 Å². The van der Waals surface area contributed by atoms with Gasteiger partial charge >= 0.3 is 0 Å². The van der Waals surface area contributed by atoms with Crippen molar-refractivity contribution in [1.29, 1.82) is 0 Å². The number of likely N-dealkylation sites (tertiary alicyclic amines) is 1. The summed E-state index contributed by atoms with van der Waals surface area (Å²) in [6.07, 6.45) is 8.71. The number of fused-ring (bicyclic) bond motifs is 2. The van der Waals surface area contributed by atoms with Crippen LogP contribution in [0.25, 0.3) is 33.9 Å². The third-order valence-corrected chi connectivity index (χ3v) is 7.16. The second-order valence-corrected chi connectivity index (χ2v) is 9.62. The number of aromatic amines is 1. The van der Waals surface area contributed by atoms with Crippen molar-refractivity contribution in [3.63, 3.8) is 0 Å². The smallest absolute Gasteiger partial charge is 0.246 e. The molecule has 4 heterocycles. The van der Waals surface area contributed by atoms with E-state index in [1.807, 2.05) is 71.8 Å². The number of piperidine rings is 1. The van der Waals surface area contributed by atoms with Crippen LogP contribution in [0.5, 0.6) is 0 Å². The molecule has 0 atom stereocenters. The van der Waals surface area contributed by atoms with Gasteiger partial charge in [-0.1, -0.05) is 48.0 Å². The summed E-state index contributed by atoms with van der Waals surface area (Å²) in [6, 6.07) is 17.8. The minimum absolute atomic E-state index is 0.0240. The molecule has 1 aliphatic heterocycles. The zero-order valence-electron chi connectivity index (χ0n) is 20.1. The van der Waals surface area contributed by atoms with E-state index in [-0.39, 0.29) is 11.9 Å². The number of carbonyl (C=O) groups is 1. The summed E-state index contributed by atoms with van der Waals surface area (Å²) in [4.78, 5) is 22.7. The molecular formula is C28H24BClN6O. The fourth-order valence-corrected chi connectivity index (χ4v) is 5.07. The van der Waals surface area contributed by atoms with E-state index in [1.54, 1.807) is 16.8 Å². The highest BCUT2D eigenvalue weighted by atomic mass is 35.5. The molecule has 7 nitrogen and oxygen atoms in total. The summed E-state index contributed by atoms with van der Waals surface area (Å²) in [6.45, 7) is 1.34. The summed E-state index contributed by atoms with van der Waals surface area (Å²) >= 11 is 6.44. The van der Waals surface area contributed by atoms with E-state index in [4.69, 9.17) is 24.4 Å². The molecule has 0 aliphatic carbocycles. The monoisotopic (exact) mass is 506 g/mol. The van der Waals surface area contributed by atoms with Gasteiger partial charge in [-0.25, -0.2) is 4.98 Å². The van der Waals surface area contributed by atoms with Crippen molar-refractivity contribution in [2.75, 3.05) is 18.4 Å². The number of H-pyrrole nitrogens is 1. The second kappa shape index (κ2) is 9.79. The van der Waals surface area contributed by atoms with E-state index < -0.39 is 0 Å². The van der Waals surface area contributed by atoms with Gasteiger partial charge in [-0.15, -0.1) is 0 Å². The van der Waals surface area contributed by atoms with E-state index in [0.717, 1.165) is 46.4 Å². The predicted octanol–water partition coefficient (Wildman–Crippen LogP) is 4.44. The molecule has 0 spiro atoms. The zero-order chi connectivity index (χ0) is 25.4. The van der Waals surface area contributed by atoms with Crippen molar-refractivity contribution in [2.45, 2.75) is 18.9 Å².